The molecule has 1 fully saturated rings. The summed E-state index contributed by atoms with van der Waals surface area (Å²) in [5, 5.41) is 9.61. The first-order chi connectivity index (χ1) is 9.02. The van der Waals surface area contributed by atoms with Crippen molar-refractivity contribution in [2.24, 2.45) is 5.92 Å². The van der Waals surface area contributed by atoms with E-state index in [1.807, 2.05) is 36.1 Å². The summed E-state index contributed by atoms with van der Waals surface area (Å²) in [6.07, 6.45) is 0.00930. The lowest BCUT2D eigenvalue weighted by Crippen LogP contribution is -2.29. The minimum atomic E-state index is -0.433. The Hall–Kier alpha value is -1.55. The van der Waals surface area contributed by atoms with Crippen molar-refractivity contribution in [3.05, 3.63) is 29.8 Å². The Labute approximate surface area is 114 Å². The third-order valence-electron chi connectivity index (χ3n) is 3.94. The van der Waals surface area contributed by atoms with Crippen molar-refractivity contribution < 1.29 is 14.6 Å². The molecule has 0 aromatic heterocycles. The molecule has 0 saturated carbocycles. The van der Waals surface area contributed by atoms with Crippen LogP contribution in [0.3, 0.4) is 0 Å². The maximum Gasteiger partial charge on any atom is 0.223 e. The van der Waals surface area contributed by atoms with Crippen LogP contribution < -0.4 is 4.74 Å². The van der Waals surface area contributed by atoms with E-state index in [0.29, 0.717) is 13.0 Å². The number of hydrogen-bond donors (Lipinski definition) is 1. The van der Waals surface area contributed by atoms with E-state index >= 15 is 0 Å². The van der Waals surface area contributed by atoms with E-state index in [1.165, 1.54) is 0 Å². The van der Waals surface area contributed by atoms with E-state index in [1.54, 1.807) is 14.0 Å². The van der Waals surface area contributed by atoms with Gasteiger partial charge in [-0.15, -0.1) is 0 Å². The molecule has 0 aliphatic carbocycles. The van der Waals surface area contributed by atoms with Crippen LogP contribution in [0, 0.1) is 5.92 Å². The third kappa shape index (κ3) is 2.89. The van der Waals surface area contributed by atoms with Crippen LogP contribution >= 0.6 is 0 Å². The lowest BCUT2D eigenvalue weighted by Gasteiger charge is -2.25. The Kier molecular flexibility index (Phi) is 4.10. The molecule has 1 unspecified atom stereocenters. The van der Waals surface area contributed by atoms with Gasteiger partial charge in [-0.05, 0) is 31.5 Å². The highest BCUT2D eigenvalue weighted by molar-refractivity contribution is 5.79. The Morgan fingerprint density at radius 2 is 1.95 bits per heavy atom. The Morgan fingerprint density at radius 3 is 2.42 bits per heavy atom. The van der Waals surface area contributed by atoms with Crippen molar-refractivity contribution in [2.75, 3.05) is 13.7 Å². The van der Waals surface area contributed by atoms with Gasteiger partial charge in [0.15, 0.2) is 0 Å². The summed E-state index contributed by atoms with van der Waals surface area (Å²) in [5.41, 5.74) is 1.08. The molecule has 4 heteroatoms. The number of aliphatic hydroxyl groups excluding tert-OH is 1. The lowest BCUT2D eigenvalue weighted by molar-refractivity contribution is -0.129. The van der Waals surface area contributed by atoms with Gasteiger partial charge >= 0.3 is 0 Å². The molecule has 0 bridgehead atoms. The van der Waals surface area contributed by atoms with Gasteiger partial charge in [-0.25, -0.2) is 0 Å². The highest BCUT2D eigenvalue weighted by Gasteiger charge is 2.35. The number of nitrogens with zero attached hydrogens (tertiary/aromatic N) is 1. The zero-order chi connectivity index (χ0) is 14.0. The average Bonchev–Trinajstić information content (AvgIpc) is 2.80. The first-order valence-corrected chi connectivity index (χ1v) is 6.64. The van der Waals surface area contributed by atoms with Crippen LogP contribution in [0.25, 0.3) is 0 Å². The van der Waals surface area contributed by atoms with Crippen molar-refractivity contribution >= 4 is 5.91 Å². The molecule has 4 nitrogen and oxygen atoms in total. The maximum absolute atomic E-state index is 12.0. The van der Waals surface area contributed by atoms with Crippen molar-refractivity contribution in [1.29, 1.82) is 0 Å². The van der Waals surface area contributed by atoms with Gasteiger partial charge in [0.1, 0.15) is 5.75 Å². The molecule has 1 aliphatic rings. The zero-order valence-electron chi connectivity index (χ0n) is 11.7. The van der Waals surface area contributed by atoms with E-state index in [9.17, 15) is 9.90 Å². The molecule has 0 radical (unpaired) electrons. The number of ether oxygens (including phenoxy) is 1. The average molecular weight is 263 g/mol. The van der Waals surface area contributed by atoms with Gasteiger partial charge in [0, 0.05) is 18.9 Å². The largest absolute Gasteiger partial charge is 0.497 e. The van der Waals surface area contributed by atoms with E-state index in [4.69, 9.17) is 4.74 Å². The molecule has 1 amide bonds. The van der Waals surface area contributed by atoms with Gasteiger partial charge in [0.05, 0.1) is 19.3 Å². The van der Waals surface area contributed by atoms with Crippen LogP contribution in [0.2, 0.25) is 0 Å². The van der Waals surface area contributed by atoms with Crippen LogP contribution in [0.15, 0.2) is 24.3 Å². The minimum Gasteiger partial charge on any atom is -0.497 e. The smallest absolute Gasteiger partial charge is 0.223 e. The molecule has 1 heterocycles. The second-order valence-corrected chi connectivity index (χ2v) is 5.20. The lowest BCUT2D eigenvalue weighted by atomic mass is 10.0. The fourth-order valence-electron chi connectivity index (χ4n) is 2.52. The Bertz CT molecular complexity index is 441. The molecule has 1 aromatic rings. The molecule has 2 rings (SSSR count). The number of methoxy groups -OCH3 is 1. The monoisotopic (exact) mass is 263 g/mol. The fourth-order valence-corrected chi connectivity index (χ4v) is 2.52. The first-order valence-electron chi connectivity index (χ1n) is 6.64. The number of benzene rings is 1. The van der Waals surface area contributed by atoms with Crippen molar-refractivity contribution in [3.63, 3.8) is 0 Å². The van der Waals surface area contributed by atoms with Gasteiger partial charge in [0.25, 0.3) is 0 Å². The molecule has 1 aromatic carbocycles. The van der Waals surface area contributed by atoms with Crippen LogP contribution in [0.1, 0.15) is 31.9 Å². The number of aliphatic hydroxyl groups is 1. The van der Waals surface area contributed by atoms with Crippen molar-refractivity contribution in [2.45, 2.75) is 32.4 Å². The molecule has 0 spiro atoms. The SMILES string of the molecule is COc1ccc(C(C)N2C[C@H]([C@H](C)O)CC2=O)cc1. The highest BCUT2D eigenvalue weighted by Crippen LogP contribution is 2.30. The van der Waals surface area contributed by atoms with E-state index in [-0.39, 0.29) is 17.9 Å². The predicted octanol–water partition coefficient (Wildman–Crippen LogP) is 1.99. The summed E-state index contributed by atoms with van der Waals surface area (Å²) in [6, 6.07) is 7.79. The maximum atomic E-state index is 12.0. The topological polar surface area (TPSA) is 49.8 Å². The van der Waals surface area contributed by atoms with Crippen LogP contribution in [-0.4, -0.2) is 35.7 Å². The normalized spacial score (nSPS) is 22.4. The predicted molar refractivity (Wildman–Crippen MR) is 72.9 cm³/mol. The Morgan fingerprint density at radius 1 is 1.32 bits per heavy atom. The van der Waals surface area contributed by atoms with Crippen molar-refractivity contribution in [1.82, 2.24) is 4.90 Å². The molecule has 19 heavy (non-hydrogen) atoms. The number of amides is 1. The molecule has 1 aliphatic heterocycles. The Balaban J connectivity index is 2.10. The first kappa shape index (κ1) is 13.9. The van der Waals surface area contributed by atoms with Gasteiger partial charge in [-0.1, -0.05) is 12.1 Å². The van der Waals surface area contributed by atoms with E-state index < -0.39 is 6.10 Å². The summed E-state index contributed by atoms with van der Waals surface area (Å²) in [4.78, 5) is 13.9. The minimum absolute atomic E-state index is 0.0298. The number of carbonyl (C=O) groups excluding carboxylic acids is 1. The van der Waals surface area contributed by atoms with E-state index in [0.717, 1.165) is 11.3 Å². The summed E-state index contributed by atoms with van der Waals surface area (Å²) in [7, 11) is 1.63. The van der Waals surface area contributed by atoms with E-state index in [2.05, 4.69) is 0 Å². The number of rotatable bonds is 4. The molecular weight excluding hydrogens is 242 g/mol. The van der Waals surface area contributed by atoms with Crippen LogP contribution in [0.5, 0.6) is 5.75 Å². The van der Waals surface area contributed by atoms with Gasteiger partial charge in [0.2, 0.25) is 5.91 Å². The van der Waals surface area contributed by atoms with Crippen LogP contribution in [0.4, 0.5) is 0 Å². The summed E-state index contributed by atoms with van der Waals surface area (Å²) >= 11 is 0. The third-order valence-corrected chi connectivity index (χ3v) is 3.94. The second-order valence-electron chi connectivity index (χ2n) is 5.20. The second kappa shape index (κ2) is 5.61. The summed E-state index contributed by atoms with van der Waals surface area (Å²) in [5.74, 6) is 0.980. The van der Waals surface area contributed by atoms with Gasteiger partial charge < -0.3 is 14.7 Å². The quantitative estimate of drug-likeness (QED) is 0.903. The number of hydrogen-bond acceptors (Lipinski definition) is 3. The highest BCUT2D eigenvalue weighted by atomic mass is 16.5. The molecular formula is C15H21NO3. The van der Waals surface area contributed by atoms with Gasteiger partial charge in [-0.2, -0.15) is 0 Å². The van der Waals surface area contributed by atoms with Crippen LogP contribution in [-0.2, 0) is 4.79 Å². The molecule has 1 N–H and O–H groups in total. The standard InChI is InChI=1S/C15H21NO3/c1-10(12-4-6-14(19-3)7-5-12)16-9-13(11(2)17)8-15(16)18/h4-7,10-11,13,17H,8-9H2,1-3H3/t10?,11-,13+/m0/s1. The molecule has 3 atom stereocenters. The molecule has 104 valence electrons. The number of likely N-dealkylation sites (tertiary alicyclic amines) is 1. The van der Waals surface area contributed by atoms with Gasteiger partial charge in [-0.3, -0.25) is 4.79 Å². The summed E-state index contributed by atoms with van der Waals surface area (Å²) < 4.78 is 5.13. The summed E-state index contributed by atoms with van der Waals surface area (Å²) in [6.45, 7) is 4.40. The zero-order valence-corrected chi connectivity index (χ0v) is 11.7. The molecule has 1 saturated heterocycles. The van der Waals surface area contributed by atoms with Crippen molar-refractivity contribution in [3.8, 4) is 5.75 Å². The number of carbonyl (C=O) groups is 1. The fraction of sp³-hybridized carbons (Fsp3) is 0.533.